The molecule has 1 aromatic heterocycles. The quantitative estimate of drug-likeness (QED) is 0.868. The van der Waals surface area contributed by atoms with Crippen molar-refractivity contribution in [3.63, 3.8) is 0 Å². The van der Waals surface area contributed by atoms with Gasteiger partial charge in [0.05, 0.1) is 23.4 Å². The molecule has 1 saturated heterocycles. The highest BCUT2D eigenvalue weighted by molar-refractivity contribution is 7.07. The average molecular weight is 372 g/mol. The van der Waals surface area contributed by atoms with Gasteiger partial charge in [0.25, 0.3) is 0 Å². The topological polar surface area (TPSA) is 65.5 Å². The molecular weight excluding hydrogens is 346 g/mol. The van der Waals surface area contributed by atoms with Gasteiger partial charge < -0.3 is 15.3 Å². The third-order valence-electron chi connectivity index (χ3n) is 5.92. The first-order chi connectivity index (χ1) is 12.7. The number of rotatable bonds is 3. The second-order valence-electron chi connectivity index (χ2n) is 7.33. The van der Waals surface area contributed by atoms with Crippen LogP contribution in [0.25, 0.3) is 0 Å². The molecule has 2 N–H and O–H groups in total. The maximum atomic E-state index is 12.8. The standard InChI is InChI=1S/C20H25N3O2S/c24-19(21-12-16-13-26-14-22-16)23-11-10-20(25,15-6-2-1-3-7-15)17-8-4-5-9-18(17)23/h1-3,6-7,13-14,17-18,25H,4-5,8-12H2,(H,21,24)/t17-,18+,20+/m0/s1. The molecule has 0 radical (unpaired) electrons. The fourth-order valence-corrected chi connectivity index (χ4v) is 5.17. The zero-order valence-electron chi connectivity index (χ0n) is 14.8. The van der Waals surface area contributed by atoms with Gasteiger partial charge in [0.1, 0.15) is 0 Å². The third-order valence-corrected chi connectivity index (χ3v) is 6.55. The molecule has 2 aliphatic rings. The molecule has 3 atom stereocenters. The number of urea groups is 1. The molecule has 0 spiro atoms. The summed E-state index contributed by atoms with van der Waals surface area (Å²) in [6.45, 7) is 1.04. The number of carbonyl (C=O) groups excluding carboxylic acids is 1. The summed E-state index contributed by atoms with van der Waals surface area (Å²) in [7, 11) is 0. The van der Waals surface area contributed by atoms with E-state index in [1.54, 1.807) is 5.51 Å². The van der Waals surface area contributed by atoms with Crippen molar-refractivity contribution >= 4 is 17.4 Å². The maximum absolute atomic E-state index is 12.8. The smallest absolute Gasteiger partial charge is 0.317 e. The minimum Gasteiger partial charge on any atom is -0.385 e. The van der Waals surface area contributed by atoms with Crippen LogP contribution in [0.2, 0.25) is 0 Å². The summed E-state index contributed by atoms with van der Waals surface area (Å²) in [5.74, 6) is 0.0948. The van der Waals surface area contributed by atoms with Gasteiger partial charge >= 0.3 is 6.03 Å². The summed E-state index contributed by atoms with van der Waals surface area (Å²) in [5, 5.41) is 16.5. The molecule has 1 saturated carbocycles. The predicted molar refractivity (Wildman–Crippen MR) is 102 cm³/mol. The van der Waals surface area contributed by atoms with E-state index in [-0.39, 0.29) is 18.0 Å². The van der Waals surface area contributed by atoms with E-state index in [2.05, 4.69) is 10.3 Å². The predicted octanol–water partition coefficient (Wildman–Crippen LogP) is 3.51. The monoisotopic (exact) mass is 371 g/mol. The van der Waals surface area contributed by atoms with Crippen LogP contribution in [0, 0.1) is 5.92 Å². The first-order valence-electron chi connectivity index (χ1n) is 9.38. The number of aromatic nitrogens is 1. The molecule has 1 aromatic carbocycles. The fourth-order valence-electron chi connectivity index (χ4n) is 4.61. The van der Waals surface area contributed by atoms with E-state index >= 15 is 0 Å². The number of aliphatic hydroxyl groups is 1. The molecule has 26 heavy (non-hydrogen) atoms. The van der Waals surface area contributed by atoms with Crippen LogP contribution in [0.1, 0.15) is 43.4 Å². The van der Waals surface area contributed by atoms with E-state index < -0.39 is 5.60 Å². The SMILES string of the molecule is O=C(NCc1cscn1)N1CC[C@@](O)(c2ccccc2)[C@H]2CCCC[C@H]21. The van der Waals surface area contributed by atoms with E-state index in [9.17, 15) is 9.90 Å². The molecule has 138 valence electrons. The Morgan fingerprint density at radius 2 is 2.12 bits per heavy atom. The molecule has 2 amide bonds. The van der Waals surface area contributed by atoms with Crippen molar-refractivity contribution < 1.29 is 9.90 Å². The molecule has 4 rings (SSSR count). The zero-order valence-corrected chi connectivity index (χ0v) is 15.6. The number of piperidine rings is 1. The second kappa shape index (κ2) is 7.37. The van der Waals surface area contributed by atoms with Gasteiger partial charge in [0, 0.05) is 23.9 Å². The van der Waals surface area contributed by atoms with E-state index in [1.807, 2.05) is 40.6 Å². The Bertz CT molecular complexity index is 737. The number of likely N-dealkylation sites (tertiary alicyclic amines) is 1. The van der Waals surface area contributed by atoms with Gasteiger partial charge in [0.2, 0.25) is 0 Å². The minimum absolute atomic E-state index is 0.0370. The van der Waals surface area contributed by atoms with Crippen LogP contribution >= 0.6 is 11.3 Å². The number of carbonyl (C=O) groups is 1. The van der Waals surface area contributed by atoms with Crippen molar-refractivity contribution in [3.05, 3.63) is 52.5 Å². The first-order valence-corrected chi connectivity index (χ1v) is 10.3. The Hall–Kier alpha value is -1.92. The molecular formula is C20H25N3O2S. The van der Waals surface area contributed by atoms with E-state index in [0.29, 0.717) is 19.5 Å². The molecule has 2 aromatic rings. The average Bonchev–Trinajstić information content (AvgIpc) is 3.21. The van der Waals surface area contributed by atoms with Gasteiger partial charge in [-0.1, -0.05) is 43.2 Å². The summed E-state index contributed by atoms with van der Waals surface area (Å²) < 4.78 is 0. The van der Waals surface area contributed by atoms with E-state index in [4.69, 9.17) is 0 Å². The first kappa shape index (κ1) is 17.5. The van der Waals surface area contributed by atoms with E-state index in [1.165, 1.54) is 11.3 Å². The van der Waals surface area contributed by atoms with Gasteiger partial charge in [-0.15, -0.1) is 11.3 Å². The van der Waals surface area contributed by atoms with Gasteiger partial charge in [-0.3, -0.25) is 0 Å². The number of amides is 2. The van der Waals surface area contributed by atoms with Gasteiger partial charge in [-0.2, -0.15) is 0 Å². The lowest BCUT2D eigenvalue weighted by molar-refractivity contribution is -0.108. The number of fused-ring (bicyclic) bond motifs is 1. The van der Waals surface area contributed by atoms with Crippen LogP contribution in [0.4, 0.5) is 4.79 Å². The van der Waals surface area contributed by atoms with Gasteiger partial charge in [0.15, 0.2) is 0 Å². The zero-order chi connectivity index (χ0) is 18.0. The number of thiazole rings is 1. The third kappa shape index (κ3) is 3.23. The Kier molecular flexibility index (Phi) is 4.96. The number of nitrogens with one attached hydrogen (secondary N) is 1. The largest absolute Gasteiger partial charge is 0.385 e. The van der Waals surface area contributed by atoms with Crippen molar-refractivity contribution in [2.45, 2.75) is 50.3 Å². The number of nitrogens with zero attached hydrogens (tertiary/aromatic N) is 2. The van der Waals surface area contributed by atoms with Crippen molar-refractivity contribution in [2.24, 2.45) is 5.92 Å². The molecule has 0 unspecified atom stereocenters. The molecule has 6 heteroatoms. The van der Waals surface area contributed by atoms with Crippen molar-refractivity contribution in [3.8, 4) is 0 Å². The van der Waals surface area contributed by atoms with Gasteiger partial charge in [-0.25, -0.2) is 9.78 Å². The normalized spacial score (nSPS) is 28.4. The van der Waals surface area contributed by atoms with Gasteiger partial charge in [-0.05, 0) is 24.8 Å². The number of benzene rings is 1. The van der Waals surface area contributed by atoms with Crippen LogP contribution in [-0.4, -0.2) is 33.6 Å². The lowest BCUT2D eigenvalue weighted by Gasteiger charge is -2.52. The minimum atomic E-state index is -0.835. The van der Waals surface area contributed by atoms with Crippen LogP contribution in [-0.2, 0) is 12.1 Å². The summed E-state index contributed by atoms with van der Waals surface area (Å²) >= 11 is 1.53. The molecule has 2 heterocycles. The Labute approximate surface area is 158 Å². The van der Waals surface area contributed by atoms with Crippen LogP contribution in [0.15, 0.2) is 41.2 Å². The van der Waals surface area contributed by atoms with Crippen molar-refractivity contribution in [2.75, 3.05) is 6.54 Å². The lowest BCUT2D eigenvalue weighted by Crippen LogP contribution is -2.60. The molecule has 1 aliphatic heterocycles. The molecule has 1 aliphatic carbocycles. The van der Waals surface area contributed by atoms with Crippen molar-refractivity contribution in [1.82, 2.24) is 15.2 Å². The van der Waals surface area contributed by atoms with E-state index in [0.717, 1.165) is 36.9 Å². The highest BCUT2D eigenvalue weighted by Crippen LogP contribution is 2.46. The number of hydrogen-bond donors (Lipinski definition) is 2. The molecule has 2 fully saturated rings. The Morgan fingerprint density at radius 1 is 1.31 bits per heavy atom. The highest BCUT2D eigenvalue weighted by Gasteiger charge is 2.50. The fraction of sp³-hybridized carbons (Fsp3) is 0.500. The highest BCUT2D eigenvalue weighted by atomic mass is 32.1. The Balaban J connectivity index is 1.52. The maximum Gasteiger partial charge on any atom is 0.317 e. The van der Waals surface area contributed by atoms with Crippen molar-refractivity contribution in [1.29, 1.82) is 0 Å². The summed E-state index contributed by atoms with van der Waals surface area (Å²) in [6, 6.07) is 10.0. The molecule has 0 bridgehead atoms. The van der Waals surface area contributed by atoms with Crippen LogP contribution in [0.3, 0.4) is 0 Å². The summed E-state index contributed by atoms with van der Waals surface area (Å²) in [6.07, 6.45) is 4.74. The lowest BCUT2D eigenvalue weighted by atomic mass is 9.66. The molecule has 5 nitrogen and oxygen atoms in total. The Morgan fingerprint density at radius 3 is 2.88 bits per heavy atom. The van der Waals surface area contributed by atoms with Crippen LogP contribution in [0.5, 0.6) is 0 Å². The second-order valence-corrected chi connectivity index (χ2v) is 8.05. The van der Waals surface area contributed by atoms with Crippen LogP contribution < -0.4 is 5.32 Å². The number of hydrogen-bond acceptors (Lipinski definition) is 4. The summed E-state index contributed by atoms with van der Waals surface area (Å²) in [4.78, 5) is 19.0. The summed E-state index contributed by atoms with van der Waals surface area (Å²) in [5.41, 5.74) is 2.82.